The van der Waals surface area contributed by atoms with Crippen LogP contribution < -0.4 is 31.8 Å². The van der Waals surface area contributed by atoms with Crippen molar-refractivity contribution < 1.29 is 14.7 Å². The van der Waals surface area contributed by atoms with Gasteiger partial charge in [-0.05, 0) is 0 Å². The molecule has 0 N–H and O–H groups in total. The fourth-order valence-corrected chi connectivity index (χ4v) is 50.5. The molecule has 0 spiro atoms. The normalized spacial score (nSPS) is 12.9. The van der Waals surface area contributed by atoms with Gasteiger partial charge < -0.3 is 0 Å². The molecule has 0 saturated carbocycles. The molecule has 40 heavy (non-hydrogen) atoms. The van der Waals surface area contributed by atoms with E-state index in [4.69, 9.17) is 9.53 Å². The standard InChI is InChI=1S/2C18H15P.ClH.Pd/c2*1-4-10-16(11-5-1)19(17-12-6-2-7-13-17)18-14-8-3-9-15-18;;/h2*1-15H;1H;/q;;;-1/p+1. The Kier molecular flexibility index (Phi) is 8.42. The van der Waals surface area contributed by atoms with Crippen molar-refractivity contribution >= 4 is 52.3 Å². The van der Waals surface area contributed by atoms with Crippen LogP contribution in [0, 0.1) is 0 Å². The number of hydrogen-bond donors (Lipinski definition) is 0. The maximum absolute atomic E-state index is 8.57. The fraction of sp³-hybridized carbons (Fsp3) is 0. The summed E-state index contributed by atoms with van der Waals surface area (Å²) in [7, 11) is 8.57. The Morgan fingerprint density at radius 1 is 0.275 bits per heavy atom. The minimum atomic E-state index is -2.77. The molecule has 0 saturated heterocycles. The first-order chi connectivity index (χ1) is 19.8. The van der Waals surface area contributed by atoms with Crippen LogP contribution in [0.3, 0.4) is 0 Å². The van der Waals surface area contributed by atoms with Gasteiger partial charge in [-0.3, -0.25) is 0 Å². The molecular formula is C36H32ClP2Pd. The molecule has 0 nitrogen and oxygen atoms in total. The molecule has 0 aliphatic heterocycles. The number of hydrogen-bond acceptors (Lipinski definition) is 0. The molecule has 0 unspecified atom stereocenters. The van der Waals surface area contributed by atoms with E-state index >= 15 is 0 Å². The summed E-state index contributed by atoms with van der Waals surface area (Å²) in [5.74, 6) is 0. The second-order valence-electron chi connectivity index (χ2n) is 9.62. The van der Waals surface area contributed by atoms with Gasteiger partial charge in [0.1, 0.15) is 0 Å². The molecule has 0 amide bonds. The third kappa shape index (κ3) is 4.72. The molecule has 203 valence electrons. The molecule has 0 aliphatic rings. The first-order valence-electron chi connectivity index (χ1n) is 13.4. The molecule has 6 aromatic carbocycles. The number of halogens is 1. The SMILES string of the molecule is [Cl][Pd]([PH](c1ccccc1)(c1ccccc1)c1ccccc1)[PH](c1ccccc1)(c1ccccc1)c1ccccc1. The van der Waals surface area contributed by atoms with Crippen molar-refractivity contribution in [3.05, 3.63) is 182 Å². The van der Waals surface area contributed by atoms with Gasteiger partial charge in [-0.1, -0.05) is 0 Å². The molecule has 0 atom stereocenters. The average molecular weight is 668 g/mol. The quantitative estimate of drug-likeness (QED) is 0.121. The summed E-state index contributed by atoms with van der Waals surface area (Å²) in [5, 5.41) is 8.27. The minimum absolute atomic E-state index is 1.38. The van der Waals surface area contributed by atoms with E-state index in [1.54, 1.807) is 0 Å². The summed E-state index contributed by atoms with van der Waals surface area (Å²) in [6.45, 7) is 0. The van der Waals surface area contributed by atoms with E-state index in [0.717, 1.165) is 0 Å². The molecular weight excluding hydrogens is 636 g/mol. The van der Waals surface area contributed by atoms with E-state index in [1.807, 2.05) is 0 Å². The number of benzene rings is 6. The van der Waals surface area contributed by atoms with Crippen LogP contribution in [0.1, 0.15) is 0 Å². The average Bonchev–Trinajstić information content (AvgIpc) is 3.05. The van der Waals surface area contributed by atoms with Crippen LogP contribution in [-0.4, -0.2) is 0 Å². The summed E-state index contributed by atoms with van der Waals surface area (Å²) in [6.07, 6.45) is 0. The zero-order chi connectivity index (χ0) is 27.3. The zero-order valence-electron chi connectivity index (χ0n) is 22.0. The van der Waals surface area contributed by atoms with E-state index in [0.29, 0.717) is 0 Å². The third-order valence-electron chi connectivity index (χ3n) is 7.34. The van der Waals surface area contributed by atoms with Crippen LogP contribution in [0.5, 0.6) is 0 Å². The van der Waals surface area contributed by atoms with Crippen LogP contribution in [0.15, 0.2) is 182 Å². The van der Waals surface area contributed by atoms with E-state index in [1.165, 1.54) is 31.8 Å². The Morgan fingerprint density at radius 3 is 0.575 bits per heavy atom. The van der Waals surface area contributed by atoms with Gasteiger partial charge in [-0.15, -0.1) is 0 Å². The second kappa shape index (κ2) is 12.3. The maximum atomic E-state index is 8.57. The molecule has 0 fully saturated rings. The van der Waals surface area contributed by atoms with Crippen LogP contribution >= 0.6 is 20.4 Å². The molecule has 0 aromatic heterocycles. The zero-order valence-corrected chi connectivity index (χ0v) is 26.3. The first kappa shape index (κ1) is 27.3. The van der Waals surface area contributed by atoms with E-state index in [-0.39, 0.29) is 0 Å². The van der Waals surface area contributed by atoms with Crippen molar-refractivity contribution in [2.75, 3.05) is 0 Å². The van der Waals surface area contributed by atoms with E-state index < -0.39 is 25.6 Å². The Bertz CT molecular complexity index is 1310. The fourth-order valence-electron chi connectivity index (χ4n) is 5.60. The number of rotatable bonds is 8. The van der Waals surface area contributed by atoms with Crippen molar-refractivity contribution in [3.8, 4) is 0 Å². The molecule has 6 aromatic rings. The van der Waals surface area contributed by atoms with Crippen LogP contribution in [0.25, 0.3) is 0 Å². The van der Waals surface area contributed by atoms with Gasteiger partial charge in [0.25, 0.3) is 0 Å². The predicted octanol–water partition coefficient (Wildman–Crippen LogP) is 7.04. The van der Waals surface area contributed by atoms with Crippen molar-refractivity contribution in [1.29, 1.82) is 0 Å². The Morgan fingerprint density at radius 2 is 0.425 bits per heavy atom. The molecule has 0 heterocycles. The van der Waals surface area contributed by atoms with Gasteiger partial charge in [-0.2, -0.15) is 0 Å². The van der Waals surface area contributed by atoms with Gasteiger partial charge in [0.15, 0.2) is 0 Å². The van der Waals surface area contributed by atoms with E-state index in [9.17, 15) is 0 Å². The summed E-state index contributed by atoms with van der Waals surface area (Å²) in [6, 6.07) is 67.0. The summed E-state index contributed by atoms with van der Waals surface area (Å²) < 4.78 is 0. The van der Waals surface area contributed by atoms with Gasteiger partial charge in [-0.25, -0.2) is 0 Å². The second-order valence-corrected chi connectivity index (χ2v) is 32.9. The van der Waals surface area contributed by atoms with Crippen molar-refractivity contribution in [1.82, 2.24) is 0 Å². The molecule has 4 heteroatoms. The van der Waals surface area contributed by atoms with Gasteiger partial charge >= 0.3 is 249 Å². The Balaban J connectivity index is 1.81. The molecule has 0 radical (unpaired) electrons. The van der Waals surface area contributed by atoms with Crippen LogP contribution in [0.4, 0.5) is 0 Å². The molecule has 6 rings (SSSR count). The summed E-state index contributed by atoms with van der Waals surface area (Å²) in [4.78, 5) is 0. The van der Waals surface area contributed by atoms with Crippen LogP contribution in [-0.2, 0) is 14.7 Å². The topological polar surface area (TPSA) is 0 Å². The van der Waals surface area contributed by atoms with E-state index in [2.05, 4.69) is 182 Å². The Hall–Kier alpha value is -2.87. The predicted molar refractivity (Wildman–Crippen MR) is 179 cm³/mol. The monoisotopic (exact) mass is 667 g/mol. The molecule has 0 aliphatic carbocycles. The van der Waals surface area contributed by atoms with Gasteiger partial charge in [0.2, 0.25) is 0 Å². The summed E-state index contributed by atoms with van der Waals surface area (Å²) in [5.41, 5.74) is -5.53. The first-order valence-corrected chi connectivity index (χ1v) is 23.7. The summed E-state index contributed by atoms with van der Waals surface area (Å²) >= 11 is -1.97. The van der Waals surface area contributed by atoms with Gasteiger partial charge in [0.05, 0.1) is 0 Å². The van der Waals surface area contributed by atoms with Gasteiger partial charge in [0, 0.05) is 0 Å². The van der Waals surface area contributed by atoms with Crippen LogP contribution in [0.2, 0.25) is 0 Å². The van der Waals surface area contributed by atoms with Crippen molar-refractivity contribution in [2.45, 2.75) is 0 Å². The van der Waals surface area contributed by atoms with Crippen molar-refractivity contribution in [3.63, 3.8) is 0 Å². The Labute approximate surface area is 247 Å². The van der Waals surface area contributed by atoms with Crippen molar-refractivity contribution in [2.24, 2.45) is 0 Å². The molecule has 0 bridgehead atoms. The third-order valence-corrected chi connectivity index (χ3v) is 43.7.